The van der Waals surface area contributed by atoms with Crippen LogP contribution in [0.5, 0.6) is 5.75 Å². The van der Waals surface area contributed by atoms with E-state index in [1.807, 2.05) is 18.2 Å². The summed E-state index contributed by atoms with van der Waals surface area (Å²) in [6.45, 7) is 7.77. The summed E-state index contributed by atoms with van der Waals surface area (Å²) in [5.41, 5.74) is 0.941. The number of aromatic hydroxyl groups is 1. The molecule has 0 amide bonds. The highest BCUT2D eigenvalue weighted by Gasteiger charge is 2.41. The van der Waals surface area contributed by atoms with E-state index < -0.39 is 0 Å². The zero-order valence-corrected chi connectivity index (χ0v) is 15.9. The first-order valence-corrected chi connectivity index (χ1v) is 10.3. The second-order valence-electron chi connectivity index (χ2n) is 8.00. The number of nitrogens with zero attached hydrogens (tertiary/aromatic N) is 3. The van der Waals surface area contributed by atoms with Gasteiger partial charge in [-0.3, -0.25) is 4.99 Å². The molecule has 1 aliphatic heterocycles. The molecule has 26 heavy (non-hydrogen) atoms. The van der Waals surface area contributed by atoms with Crippen molar-refractivity contribution in [1.82, 2.24) is 10.2 Å². The van der Waals surface area contributed by atoms with Crippen LogP contribution >= 0.6 is 0 Å². The summed E-state index contributed by atoms with van der Waals surface area (Å²) in [6, 6.07) is 7.63. The molecular weight excluding hydrogens is 324 g/mol. The zero-order chi connectivity index (χ0) is 17.9. The topological polar surface area (TPSA) is 51.1 Å². The first-order valence-electron chi connectivity index (χ1n) is 10.3. The van der Waals surface area contributed by atoms with Crippen LogP contribution in [0, 0.1) is 17.8 Å². The van der Waals surface area contributed by atoms with E-state index in [-0.39, 0.29) is 0 Å². The van der Waals surface area contributed by atoms with Crippen LogP contribution in [0.4, 0.5) is 5.69 Å². The predicted octanol–water partition coefficient (Wildman–Crippen LogP) is 2.92. The summed E-state index contributed by atoms with van der Waals surface area (Å²) in [5, 5.41) is 13.6. The smallest absolute Gasteiger partial charge is 0.194 e. The third-order valence-corrected chi connectivity index (χ3v) is 6.04. The lowest BCUT2D eigenvalue weighted by molar-refractivity contribution is 0.363. The fourth-order valence-electron chi connectivity index (χ4n) is 4.24. The number of guanidine groups is 1. The molecule has 5 heteroatoms. The number of benzene rings is 1. The number of nitrogens with one attached hydrogen (secondary N) is 1. The van der Waals surface area contributed by atoms with Crippen molar-refractivity contribution in [2.75, 3.05) is 44.2 Å². The maximum Gasteiger partial charge on any atom is 0.194 e. The van der Waals surface area contributed by atoms with Gasteiger partial charge in [-0.25, -0.2) is 0 Å². The van der Waals surface area contributed by atoms with E-state index in [1.54, 1.807) is 6.07 Å². The minimum atomic E-state index is 0.373. The second kappa shape index (κ2) is 7.77. The molecule has 1 heterocycles. The van der Waals surface area contributed by atoms with E-state index in [0.717, 1.165) is 68.7 Å². The van der Waals surface area contributed by atoms with Gasteiger partial charge in [-0.2, -0.15) is 0 Å². The normalized spacial score (nSPS) is 21.4. The van der Waals surface area contributed by atoms with Gasteiger partial charge in [0.1, 0.15) is 5.75 Å². The van der Waals surface area contributed by atoms with Crippen molar-refractivity contribution < 1.29 is 5.11 Å². The molecule has 3 aliphatic rings. The van der Waals surface area contributed by atoms with Crippen molar-refractivity contribution in [3.63, 3.8) is 0 Å². The van der Waals surface area contributed by atoms with Gasteiger partial charge in [-0.05, 0) is 62.5 Å². The Labute approximate surface area is 157 Å². The first kappa shape index (κ1) is 17.5. The van der Waals surface area contributed by atoms with Gasteiger partial charge in [0.05, 0.1) is 5.69 Å². The van der Waals surface area contributed by atoms with E-state index in [2.05, 4.69) is 22.0 Å². The fourth-order valence-corrected chi connectivity index (χ4v) is 4.24. The highest BCUT2D eigenvalue weighted by molar-refractivity contribution is 5.80. The Balaban J connectivity index is 1.37. The number of rotatable bonds is 6. The molecule has 1 saturated heterocycles. The van der Waals surface area contributed by atoms with Crippen LogP contribution in [-0.4, -0.2) is 55.2 Å². The average molecular weight is 357 g/mol. The van der Waals surface area contributed by atoms with Gasteiger partial charge in [0.25, 0.3) is 0 Å². The number of para-hydroxylation sites is 2. The standard InChI is InChI=1S/C21H32N4O/c1-2-22-21(23-15-18(16-7-8-16)17-9-10-17)25-13-11-24(12-14-25)19-5-3-4-6-20(19)26/h3-6,16-18,26H,2,7-15H2,1H3,(H,22,23). The number of anilines is 1. The fraction of sp³-hybridized carbons (Fsp3) is 0.667. The van der Waals surface area contributed by atoms with Crippen molar-refractivity contribution in [1.29, 1.82) is 0 Å². The molecule has 0 spiro atoms. The van der Waals surface area contributed by atoms with Crippen LogP contribution in [0.1, 0.15) is 32.6 Å². The molecule has 1 aromatic carbocycles. The van der Waals surface area contributed by atoms with Gasteiger partial charge in [-0.1, -0.05) is 12.1 Å². The molecule has 0 aromatic heterocycles. The number of phenols is 1. The van der Waals surface area contributed by atoms with E-state index in [9.17, 15) is 5.11 Å². The SMILES string of the molecule is CCNC(=NCC(C1CC1)C1CC1)N1CCN(c2ccccc2O)CC1. The monoisotopic (exact) mass is 356 g/mol. The summed E-state index contributed by atoms with van der Waals surface area (Å²) in [4.78, 5) is 9.70. The molecule has 4 rings (SSSR count). The first-order chi connectivity index (χ1) is 12.8. The molecule has 0 unspecified atom stereocenters. The van der Waals surface area contributed by atoms with Crippen LogP contribution < -0.4 is 10.2 Å². The Morgan fingerprint density at radius 1 is 1.12 bits per heavy atom. The molecule has 1 aromatic rings. The molecule has 0 bridgehead atoms. The van der Waals surface area contributed by atoms with Gasteiger partial charge in [-0.15, -0.1) is 0 Å². The maximum atomic E-state index is 10.1. The summed E-state index contributed by atoms with van der Waals surface area (Å²) in [7, 11) is 0. The van der Waals surface area contributed by atoms with Crippen LogP contribution in [0.25, 0.3) is 0 Å². The Hall–Kier alpha value is -1.91. The third-order valence-electron chi connectivity index (χ3n) is 6.04. The largest absolute Gasteiger partial charge is 0.506 e. The minimum Gasteiger partial charge on any atom is -0.506 e. The van der Waals surface area contributed by atoms with Crippen LogP contribution in [0.15, 0.2) is 29.3 Å². The highest BCUT2D eigenvalue weighted by Crippen LogP contribution is 2.49. The lowest BCUT2D eigenvalue weighted by Crippen LogP contribution is -2.52. The predicted molar refractivity (Wildman–Crippen MR) is 107 cm³/mol. The molecular formula is C21H32N4O. The Bertz CT molecular complexity index is 619. The second-order valence-corrected chi connectivity index (χ2v) is 8.00. The number of aliphatic imine (C=N–C) groups is 1. The van der Waals surface area contributed by atoms with E-state index in [1.165, 1.54) is 25.7 Å². The molecule has 0 radical (unpaired) electrons. The quantitative estimate of drug-likeness (QED) is 0.608. The molecule has 142 valence electrons. The van der Waals surface area contributed by atoms with Crippen molar-refractivity contribution in [2.45, 2.75) is 32.6 Å². The van der Waals surface area contributed by atoms with Gasteiger partial charge >= 0.3 is 0 Å². The van der Waals surface area contributed by atoms with E-state index >= 15 is 0 Å². The van der Waals surface area contributed by atoms with Crippen LogP contribution in [0.2, 0.25) is 0 Å². The van der Waals surface area contributed by atoms with E-state index in [4.69, 9.17) is 4.99 Å². The van der Waals surface area contributed by atoms with Crippen molar-refractivity contribution >= 4 is 11.6 Å². The summed E-state index contributed by atoms with van der Waals surface area (Å²) < 4.78 is 0. The Morgan fingerprint density at radius 3 is 2.35 bits per heavy atom. The van der Waals surface area contributed by atoms with Crippen molar-refractivity contribution in [2.24, 2.45) is 22.7 Å². The summed E-state index contributed by atoms with van der Waals surface area (Å²) in [5.74, 6) is 4.18. The Morgan fingerprint density at radius 2 is 1.77 bits per heavy atom. The van der Waals surface area contributed by atoms with Gasteiger partial charge in [0, 0.05) is 39.3 Å². The Kier molecular flexibility index (Phi) is 5.23. The lowest BCUT2D eigenvalue weighted by atomic mass is 9.98. The number of piperazine rings is 1. The van der Waals surface area contributed by atoms with Crippen molar-refractivity contribution in [3.8, 4) is 5.75 Å². The molecule has 2 N–H and O–H groups in total. The molecule has 3 fully saturated rings. The maximum absolute atomic E-state index is 10.1. The lowest BCUT2D eigenvalue weighted by Gasteiger charge is -2.38. The third kappa shape index (κ3) is 4.08. The molecule has 0 atom stereocenters. The number of phenolic OH excluding ortho intramolecular Hbond substituents is 1. The number of hydrogen-bond donors (Lipinski definition) is 2. The van der Waals surface area contributed by atoms with Gasteiger partial charge in [0.2, 0.25) is 0 Å². The zero-order valence-electron chi connectivity index (χ0n) is 15.9. The molecule has 2 saturated carbocycles. The summed E-state index contributed by atoms with van der Waals surface area (Å²) in [6.07, 6.45) is 5.69. The van der Waals surface area contributed by atoms with Gasteiger partial charge < -0.3 is 20.2 Å². The van der Waals surface area contributed by atoms with Crippen LogP contribution in [0.3, 0.4) is 0 Å². The minimum absolute atomic E-state index is 0.373. The van der Waals surface area contributed by atoms with Gasteiger partial charge in [0.15, 0.2) is 5.96 Å². The summed E-state index contributed by atoms with van der Waals surface area (Å²) >= 11 is 0. The van der Waals surface area contributed by atoms with Crippen molar-refractivity contribution in [3.05, 3.63) is 24.3 Å². The average Bonchev–Trinajstić information content (AvgIpc) is 3.56. The highest BCUT2D eigenvalue weighted by atomic mass is 16.3. The van der Waals surface area contributed by atoms with Crippen LogP contribution in [-0.2, 0) is 0 Å². The number of hydrogen-bond acceptors (Lipinski definition) is 3. The van der Waals surface area contributed by atoms with E-state index in [0.29, 0.717) is 5.75 Å². The molecule has 5 nitrogen and oxygen atoms in total. The molecule has 2 aliphatic carbocycles.